The summed E-state index contributed by atoms with van der Waals surface area (Å²) in [4.78, 5) is 12.8. The fourth-order valence-electron chi connectivity index (χ4n) is 2.08. The molecule has 3 nitrogen and oxygen atoms in total. The molecule has 1 amide bonds. The second-order valence-corrected chi connectivity index (χ2v) is 4.82. The van der Waals surface area contributed by atoms with Crippen LogP contribution in [0.15, 0.2) is 29.2 Å². The predicted octanol–water partition coefficient (Wildman–Crippen LogP) is 3.81. The van der Waals surface area contributed by atoms with Crippen LogP contribution >= 0.6 is 11.9 Å². The van der Waals surface area contributed by atoms with Crippen LogP contribution < -0.4 is 10.5 Å². The van der Waals surface area contributed by atoms with Gasteiger partial charge < -0.3 is 5.32 Å². The molecule has 1 aliphatic carbocycles. The number of nitrogens with two attached hydrogens (primary N) is 1. The number of hydrogen-bond donors (Lipinski definition) is 2. The Morgan fingerprint density at radius 1 is 1.33 bits per heavy atom. The van der Waals surface area contributed by atoms with Gasteiger partial charge in [0.1, 0.15) is 0 Å². The Balaban J connectivity index is 0.000000771. The number of rotatable bonds is 3. The van der Waals surface area contributed by atoms with Crippen molar-refractivity contribution in [2.24, 2.45) is 11.1 Å². The summed E-state index contributed by atoms with van der Waals surface area (Å²) in [5.41, 5.74) is 0.840. The predicted molar refractivity (Wildman–Crippen MR) is 78.4 cm³/mol. The molecule has 0 saturated heterocycles. The first kappa shape index (κ1) is 15.1. The van der Waals surface area contributed by atoms with Crippen molar-refractivity contribution in [1.29, 1.82) is 0 Å². The fourth-order valence-corrected chi connectivity index (χ4v) is 2.43. The van der Waals surface area contributed by atoms with Crippen molar-refractivity contribution in [2.75, 3.05) is 5.32 Å². The Morgan fingerprint density at radius 2 is 2.00 bits per heavy atom. The van der Waals surface area contributed by atoms with Gasteiger partial charge in [0.15, 0.2) is 0 Å². The van der Waals surface area contributed by atoms with E-state index in [1.54, 1.807) is 0 Å². The number of carbonyl (C=O) groups excluding carboxylic acids is 1. The quantitative estimate of drug-likeness (QED) is 0.818. The van der Waals surface area contributed by atoms with E-state index in [1.807, 2.05) is 38.1 Å². The lowest BCUT2D eigenvalue weighted by molar-refractivity contribution is -0.119. The highest BCUT2D eigenvalue weighted by Crippen LogP contribution is 2.26. The van der Waals surface area contributed by atoms with Crippen LogP contribution in [0.2, 0.25) is 0 Å². The van der Waals surface area contributed by atoms with E-state index < -0.39 is 0 Å². The van der Waals surface area contributed by atoms with Crippen LogP contribution in [0.4, 0.5) is 5.69 Å². The normalized spacial score (nSPS) is 14.8. The van der Waals surface area contributed by atoms with Gasteiger partial charge in [-0.3, -0.25) is 9.93 Å². The van der Waals surface area contributed by atoms with Crippen LogP contribution in [0.1, 0.15) is 39.5 Å². The van der Waals surface area contributed by atoms with E-state index in [1.165, 1.54) is 24.8 Å². The molecule has 0 aliphatic heterocycles. The molecule has 1 aromatic rings. The molecule has 100 valence electrons. The van der Waals surface area contributed by atoms with E-state index in [-0.39, 0.29) is 11.8 Å². The van der Waals surface area contributed by atoms with Gasteiger partial charge in [0.25, 0.3) is 0 Å². The van der Waals surface area contributed by atoms with Crippen molar-refractivity contribution < 1.29 is 4.79 Å². The highest BCUT2D eigenvalue weighted by Gasteiger charge is 2.22. The zero-order valence-corrected chi connectivity index (χ0v) is 11.9. The van der Waals surface area contributed by atoms with E-state index in [0.717, 1.165) is 23.4 Å². The maximum atomic E-state index is 11.9. The Labute approximate surface area is 114 Å². The molecule has 18 heavy (non-hydrogen) atoms. The summed E-state index contributed by atoms with van der Waals surface area (Å²) in [7, 11) is 0. The van der Waals surface area contributed by atoms with Crippen molar-refractivity contribution in [3.63, 3.8) is 0 Å². The van der Waals surface area contributed by atoms with Crippen LogP contribution in [0, 0.1) is 5.92 Å². The molecule has 2 rings (SSSR count). The standard InChI is InChI=1S/C12H16N2OS.C2H6/c13-16-11-7-3-6-10(8-11)14-12(15)9-4-1-2-5-9;1-2/h3,6-9H,1-2,4-5,13H2,(H,14,15);1-2H3. The monoisotopic (exact) mass is 266 g/mol. The van der Waals surface area contributed by atoms with Crippen LogP contribution in [-0.2, 0) is 4.79 Å². The maximum absolute atomic E-state index is 11.9. The van der Waals surface area contributed by atoms with Crippen LogP contribution in [0.25, 0.3) is 0 Å². The zero-order valence-electron chi connectivity index (χ0n) is 11.1. The topological polar surface area (TPSA) is 55.1 Å². The van der Waals surface area contributed by atoms with Gasteiger partial charge in [-0.25, -0.2) is 0 Å². The highest BCUT2D eigenvalue weighted by atomic mass is 32.2. The lowest BCUT2D eigenvalue weighted by atomic mass is 10.1. The summed E-state index contributed by atoms with van der Waals surface area (Å²) in [5, 5.41) is 8.43. The number of carbonyl (C=O) groups is 1. The molecule has 0 radical (unpaired) electrons. The minimum absolute atomic E-state index is 0.150. The van der Waals surface area contributed by atoms with Gasteiger partial charge in [0.05, 0.1) is 0 Å². The van der Waals surface area contributed by atoms with Gasteiger partial charge in [0.2, 0.25) is 5.91 Å². The molecular formula is C14H22N2OS. The summed E-state index contributed by atoms with van der Waals surface area (Å²) in [5.74, 6) is 0.353. The average Bonchev–Trinajstić information content (AvgIpc) is 2.95. The molecule has 4 heteroatoms. The molecule has 0 bridgehead atoms. The van der Waals surface area contributed by atoms with Crippen molar-refractivity contribution in [3.05, 3.63) is 24.3 Å². The lowest BCUT2D eigenvalue weighted by Gasteiger charge is -2.10. The van der Waals surface area contributed by atoms with Gasteiger partial charge in [-0.05, 0) is 43.0 Å². The van der Waals surface area contributed by atoms with E-state index in [9.17, 15) is 4.79 Å². The van der Waals surface area contributed by atoms with Gasteiger partial charge in [-0.1, -0.05) is 32.8 Å². The second kappa shape index (κ2) is 8.16. The molecule has 0 spiro atoms. The minimum Gasteiger partial charge on any atom is -0.326 e. The van der Waals surface area contributed by atoms with Crippen LogP contribution in [-0.4, -0.2) is 5.91 Å². The Morgan fingerprint density at radius 3 is 2.61 bits per heavy atom. The first-order valence-corrected chi connectivity index (χ1v) is 7.45. The molecule has 0 unspecified atom stereocenters. The van der Waals surface area contributed by atoms with E-state index in [0.29, 0.717) is 0 Å². The molecule has 0 atom stereocenters. The third-order valence-corrected chi connectivity index (χ3v) is 3.49. The summed E-state index contributed by atoms with van der Waals surface area (Å²) >= 11 is 1.19. The molecule has 1 aromatic carbocycles. The largest absolute Gasteiger partial charge is 0.326 e. The average molecular weight is 266 g/mol. The highest BCUT2D eigenvalue weighted by molar-refractivity contribution is 7.97. The fraction of sp³-hybridized carbons (Fsp3) is 0.500. The summed E-state index contributed by atoms with van der Waals surface area (Å²) in [6.07, 6.45) is 4.40. The smallest absolute Gasteiger partial charge is 0.227 e. The van der Waals surface area contributed by atoms with Crippen molar-refractivity contribution in [2.45, 2.75) is 44.4 Å². The van der Waals surface area contributed by atoms with E-state index in [2.05, 4.69) is 5.32 Å². The Bertz CT molecular complexity index is 376. The molecule has 0 aromatic heterocycles. The molecule has 1 saturated carbocycles. The molecular weight excluding hydrogens is 244 g/mol. The molecule has 3 N–H and O–H groups in total. The van der Waals surface area contributed by atoms with Crippen molar-refractivity contribution in [3.8, 4) is 0 Å². The second-order valence-electron chi connectivity index (χ2n) is 4.12. The van der Waals surface area contributed by atoms with Gasteiger partial charge in [-0.2, -0.15) is 0 Å². The molecule has 0 heterocycles. The Kier molecular flexibility index (Phi) is 6.83. The number of amides is 1. The SMILES string of the molecule is CC.NSc1cccc(NC(=O)C2CCCC2)c1. The first-order chi connectivity index (χ1) is 8.79. The van der Waals surface area contributed by atoms with Crippen molar-refractivity contribution >= 4 is 23.5 Å². The van der Waals surface area contributed by atoms with Crippen LogP contribution in [0.5, 0.6) is 0 Å². The summed E-state index contributed by atoms with van der Waals surface area (Å²) in [6.45, 7) is 4.00. The summed E-state index contributed by atoms with van der Waals surface area (Å²) in [6, 6.07) is 7.62. The van der Waals surface area contributed by atoms with Gasteiger partial charge in [-0.15, -0.1) is 0 Å². The number of nitrogens with one attached hydrogen (secondary N) is 1. The Hall–Kier alpha value is -1.00. The van der Waals surface area contributed by atoms with Crippen LogP contribution in [0.3, 0.4) is 0 Å². The summed E-state index contributed by atoms with van der Waals surface area (Å²) < 4.78 is 0. The molecule has 1 fully saturated rings. The third kappa shape index (κ3) is 4.35. The number of anilines is 1. The first-order valence-electron chi connectivity index (χ1n) is 6.57. The van der Waals surface area contributed by atoms with Gasteiger partial charge in [0, 0.05) is 16.5 Å². The zero-order chi connectivity index (χ0) is 13.4. The van der Waals surface area contributed by atoms with Crippen molar-refractivity contribution in [1.82, 2.24) is 0 Å². The van der Waals surface area contributed by atoms with Gasteiger partial charge >= 0.3 is 0 Å². The molecule has 1 aliphatic rings. The third-order valence-electron chi connectivity index (χ3n) is 2.96. The number of benzene rings is 1. The number of hydrogen-bond acceptors (Lipinski definition) is 3. The van der Waals surface area contributed by atoms with E-state index >= 15 is 0 Å². The lowest BCUT2D eigenvalue weighted by Crippen LogP contribution is -2.20. The minimum atomic E-state index is 0.150. The maximum Gasteiger partial charge on any atom is 0.227 e. The van der Waals surface area contributed by atoms with E-state index in [4.69, 9.17) is 5.14 Å².